The molecule has 0 amide bonds. The third-order valence-electron chi connectivity index (χ3n) is 3.64. The summed E-state index contributed by atoms with van der Waals surface area (Å²) in [6.07, 6.45) is 8.06. The van der Waals surface area contributed by atoms with Crippen molar-refractivity contribution in [2.45, 2.75) is 51.1 Å². The summed E-state index contributed by atoms with van der Waals surface area (Å²) >= 11 is 2.02. The van der Waals surface area contributed by atoms with Crippen molar-refractivity contribution in [1.82, 2.24) is 10.6 Å². The fourth-order valence-corrected chi connectivity index (χ4v) is 3.73. The second kappa shape index (κ2) is 5.51. The molecule has 1 aromatic rings. The average molecular weight is 250 g/mol. The van der Waals surface area contributed by atoms with Gasteiger partial charge in [-0.3, -0.25) is 0 Å². The van der Waals surface area contributed by atoms with Gasteiger partial charge in [0.05, 0.1) is 0 Å². The summed E-state index contributed by atoms with van der Waals surface area (Å²) in [6, 6.07) is 3.28. The Morgan fingerprint density at radius 1 is 1.24 bits per heavy atom. The van der Waals surface area contributed by atoms with Crippen LogP contribution < -0.4 is 10.6 Å². The molecule has 1 heterocycles. The van der Waals surface area contributed by atoms with Gasteiger partial charge in [0.1, 0.15) is 0 Å². The van der Waals surface area contributed by atoms with Gasteiger partial charge in [0.15, 0.2) is 0 Å². The smallest absolute Gasteiger partial charge is 0.0299 e. The van der Waals surface area contributed by atoms with E-state index in [1.807, 2.05) is 11.3 Å². The molecule has 0 radical (unpaired) electrons. The van der Waals surface area contributed by atoms with Crippen LogP contribution in [-0.4, -0.2) is 19.1 Å². The van der Waals surface area contributed by atoms with Crippen molar-refractivity contribution in [2.75, 3.05) is 13.1 Å². The molecule has 1 saturated carbocycles. The molecule has 1 fully saturated rings. The zero-order valence-electron chi connectivity index (χ0n) is 10.4. The Morgan fingerprint density at radius 3 is 3.00 bits per heavy atom. The zero-order valence-corrected chi connectivity index (χ0v) is 11.2. The van der Waals surface area contributed by atoms with Crippen LogP contribution in [0, 0.1) is 0 Å². The van der Waals surface area contributed by atoms with Gasteiger partial charge < -0.3 is 10.6 Å². The van der Waals surface area contributed by atoms with Gasteiger partial charge in [0.25, 0.3) is 0 Å². The van der Waals surface area contributed by atoms with Crippen molar-refractivity contribution < 1.29 is 0 Å². The molecule has 0 saturated heterocycles. The summed E-state index contributed by atoms with van der Waals surface area (Å²) in [5, 5.41) is 7.10. The molecule has 2 nitrogen and oxygen atoms in total. The van der Waals surface area contributed by atoms with E-state index in [0.29, 0.717) is 0 Å². The summed E-state index contributed by atoms with van der Waals surface area (Å²) in [5.74, 6) is 0. The fourth-order valence-electron chi connectivity index (χ4n) is 2.50. The summed E-state index contributed by atoms with van der Waals surface area (Å²) in [4.78, 5) is 3.18. The molecule has 94 valence electrons. The molecule has 2 aliphatic carbocycles. The van der Waals surface area contributed by atoms with Crippen LogP contribution in [0.4, 0.5) is 0 Å². The molecular weight excluding hydrogens is 228 g/mol. The lowest BCUT2D eigenvalue weighted by Gasteiger charge is -2.04. The topological polar surface area (TPSA) is 24.1 Å². The molecular formula is C14H22N2S. The molecule has 17 heavy (non-hydrogen) atoms. The van der Waals surface area contributed by atoms with E-state index in [9.17, 15) is 0 Å². The van der Waals surface area contributed by atoms with Crippen LogP contribution >= 0.6 is 11.3 Å². The quantitative estimate of drug-likeness (QED) is 0.727. The highest BCUT2D eigenvalue weighted by atomic mass is 32.1. The summed E-state index contributed by atoms with van der Waals surface area (Å²) in [5.41, 5.74) is 1.63. The van der Waals surface area contributed by atoms with Crippen LogP contribution in [0.15, 0.2) is 6.07 Å². The van der Waals surface area contributed by atoms with E-state index in [2.05, 4.69) is 16.7 Å². The maximum Gasteiger partial charge on any atom is 0.0299 e. The molecule has 0 aromatic carbocycles. The lowest BCUT2D eigenvalue weighted by Crippen LogP contribution is -2.22. The number of rotatable bonds is 7. The third kappa shape index (κ3) is 3.30. The number of thiophene rings is 1. The Kier molecular flexibility index (Phi) is 3.79. The van der Waals surface area contributed by atoms with Crippen molar-refractivity contribution in [1.29, 1.82) is 0 Å². The van der Waals surface area contributed by atoms with Crippen molar-refractivity contribution in [3.05, 3.63) is 21.4 Å². The van der Waals surface area contributed by atoms with Crippen molar-refractivity contribution in [2.24, 2.45) is 0 Å². The van der Waals surface area contributed by atoms with Crippen LogP contribution in [0.5, 0.6) is 0 Å². The minimum Gasteiger partial charge on any atom is -0.314 e. The number of aryl methyl sites for hydroxylation is 2. The average Bonchev–Trinajstić information content (AvgIpc) is 2.90. The van der Waals surface area contributed by atoms with Crippen LogP contribution in [0.25, 0.3) is 0 Å². The zero-order chi connectivity index (χ0) is 11.5. The first-order valence-electron chi connectivity index (χ1n) is 6.96. The van der Waals surface area contributed by atoms with Gasteiger partial charge in [-0.1, -0.05) is 0 Å². The lowest BCUT2D eigenvalue weighted by atomic mass is 10.2. The standard InChI is InChI=1S/C14H22N2S/c1-3-11-9-13(17-14(11)4-1)10-15-7-2-8-16-12-5-6-12/h9,12,15-16H,1-8,10H2. The van der Waals surface area contributed by atoms with Crippen LogP contribution in [-0.2, 0) is 19.4 Å². The van der Waals surface area contributed by atoms with Gasteiger partial charge in [0, 0.05) is 22.3 Å². The number of fused-ring (bicyclic) bond motifs is 1. The highest BCUT2D eigenvalue weighted by molar-refractivity contribution is 7.12. The minimum atomic E-state index is 0.857. The van der Waals surface area contributed by atoms with E-state index >= 15 is 0 Å². The van der Waals surface area contributed by atoms with E-state index in [4.69, 9.17) is 0 Å². The fraction of sp³-hybridized carbons (Fsp3) is 0.714. The SMILES string of the molecule is c1c(CNCCCNC2CC2)sc2c1CCC2. The van der Waals surface area contributed by atoms with Gasteiger partial charge in [-0.2, -0.15) is 0 Å². The van der Waals surface area contributed by atoms with E-state index in [-0.39, 0.29) is 0 Å². The van der Waals surface area contributed by atoms with Crippen LogP contribution in [0.1, 0.15) is 41.0 Å². The van der Waals surface area contributed by atoms with Crippen molar-refractivity contribution in [3.63, 3.8) is 0 Å². The molecule has 0 bridgehead atoms. The van der Waals surface area contributed by atoms with E-state index in [1.165, 1.54) is 49.9 Å². The molecule has 0 spiro atoms. The normalized spacial score (nSPS) is 18.6. The predicted molar refractivity (Wildman–Crippen MR) is 73.7 cm³/mol. The molecule has 1 aromatic heterocycles. The molecule has 0 unspecified atom stereocenters. The van der Waals surface area contributed by atoms with Gasteiger partial charge in [0.2, 0.25) is 0 Å². The molecule has 2 N–H and O–H groups in total. The lowest BCUT2D eigenvalue weighted by molar-refractivity contribution is 0.595. The van der Waals surface area contributed by atoms with Gasteiger partial charge in [-0.05, 0) is 63.2 Å². The first kappa shape index (κ1) is 11.7. The van der Waals surface area contributed by atoms with Crippen LogP contribution in [0.2, 0.25) is 0 Å². The number of nitrogens with one attached hydrogen (secondary N) is 2. The third-order valence-corrected chi connectivity index (χ3v) is 4.87. The highest BCUT2D eigenvalue weighted by Crippen LogP contribution is 2.30. The van der Waals surface area contributed by atoms with Gasteiger partial charge >= 0.3 is 0 Å². The van der Waals surface area contributed by atoms with E-state index in [0.717, 1.165) is 19.1 Å². The first-order valence-corrected chi connectivity index (χ1v) is 7.78. The maximum atomic E-state index is 3.55. The molecule has 0 atom stereocenters. The number of hydrogen-bond donors (Lipinski definition) is 2. The summed E-state index contributed by atoms with van der Waals surface area (Å²) in [7, 11) is 0. The second-order valence-corrected chi connectivity index (χ2v) is 6.49. The Balaban J connectivity index is 1.30. The Hall–Kier alpha value is -0.380. The summed E-state index contributed by atoms with van der Waals surface area (Å²) in [6.45, 7) is 3.39. The maximum absolute atomic E-state index is 3.55. The van der Waals surface area contributed by atoms with Gasteiger partial charge in [-0.15, -0.1) is 11.3 Å². The Labute approximate surface area is 108 Å². The van der Waals surface area contributed by atoms with E-state index in [1.54, 1.807) is 10.4 Å². The molecule has 2 aliphatic rings. The van der Waals surface area contributed by atoms with Crippen molar-refractivity contribution >= 4 is 11.3 Å². The van der Waals surface area contributed by atoms with E-state index < -0.39 is 0 Å². The Bertz CT molecular complexity index is 347. The van der Waals surface area contributed by atoms with Crippen LogP contribution in [0.3, 0.4) is 0 Å². The first-order chi connectivity index (χ1) is 8.42. The second-order valence-electron chi connectivity index (χ2n) is 5.27. The highest BCUT2D eigenvalue weighted by Gasteiger charge is 2.19. The number of hydrogen-bond acceptors (Lipinski definition) is 3. The van der Waals surface area contributed by atoms with Crippen molar-refractivity contribution in [3.8, 4) is 0 Å². The monoisotopic (exact) mass is 250 g/mol. The largest absolute Gasteiger partial charge is 0.314 e. The molecule has 0 aliphatic heterocycles. The Morgan fingerprint density at radius 2 is 2.18 bits per heavy atom. The minimum absolute atomic E-state index is 0.857. The summed E-state index contributed by atoms with van der Waals surface area (Å²) < 4.78 is 0. The molecule has 3 rings (SSSR count). The molecule has 3 heteroatoms. The van der Waals surface area contributed by atoms with Gasteiger partial charge in [-0.25, -0.2) is 0 Å². The predicted octanol–water partition coefficient (Wildman–Crippen LogP) is 2.47.